The third-order valence-corrected chi connectivity index (χ3v) is 7.72. The SMILES string of the molecule is CCC(CC)C(=O)/C=C(\O)C(CC)CC.[Ir].[c-]1c2ccccc2cc2c1c1nccc3nc4cccc2c4n31. The van der Waals surface area contributed by atoms with Gasteiger partial charge in [-0.25, -0.2) is 4.98 Å². The zero-order valence-electron chi connectivity index (χ0n) is 22.9. The van der Waals surface area contributed by atoms with Crippen LogP contribution in [-0.2, 0) is 24.9 Å². The summed E-state index contributed by atoms with van der Waals surface area (Å²) in [5.74, 6) is 0.547. The predicted octanol–water partition coefficient (Wildman–Crippen LogP) is 8.45. The fourth-order valence-electron chi connectivity index (χ4n) is 5.43. The number of pyridine rings is 1. The molecule has 1 N–H and O–H groups in total. The zero-order chi connectivity index (χ0) is 26.8. The molecule has 0 aliphatic heterocycles. The van der Waals surface area contributed by atoms with Gasteiger partial charge < -0.3 is 9.51 Å². The summed E-state index contributed by atoms with van der Waals surface area (Å²) in [7, 11) is 0. The van der Waals surface area contributed by atoms with Gasteiger partial charge >= 0.3 is 0 Å². The number of aliphatic hydroxyl groups is 1. The van der Waals surface area contributed by atoms with Crippen molar-refractivity contribution in [3.8, 4) is 0 Å². The van der Waals surface area contributed by atoms with Crippen molar-refractivity contribution < 1.29 is 30.0 Å². The number of hydrogen-bond acceptors (Lipinski definition) is 4. The first-order valence-corrected chi connectivity index (χ1v) is 13.7. The summed E-state index contributed by atoms with van der Waals surface area (Å²) >= 11 is 0. The molecule has 3 aromatic heterocycles. The van der Waals surface area contributed by atoms with Gasteiger partial charge in [0.2, 0.25) is 0 Å². The summed E-state index contributed by atoms with van der Waals surface area (Å²) in [6.45, 7) is 8.07. The van der Waals surface area contributed by atoms with Gasteiger partial charge in [0.05, 0.1) is 22.4 Å². The maximum atomic E-state index is 11.7. The minimum Gasteiger partial charge on any atom is -0.512 e. The summed E-state index contributed by atoms with van der Waals surface area (Å²) in [6.07, 6.45) is 6.73. The zero-order valence-corrected chi connectivity index (χ0v) is 25.3. The van der Waals surface area contributed by atoms with Crippen LogP contribution in [0.3, 0.4) is 0 Å². The fourth-order valence-corrected chi connectivity index (χ4v) is 5.43. The number of rotatable bonds is 7. The number of carbonyl (C=O) groups excluding carboxylic acids is 1. The maximum absolute atomic E-state index is 11.7. The topological polar surface area (TPSA) is 67.5 Å². The molecule has 0 aliphatic rings. The van der Waals surface area contributed by atoms with E-state index in [1.165, 1.54) is 22.2 Å². The van der Waals surface area contributed by atoms with E-state index in [-0.39, 0.29) is 43.5 Å². The van der Waals surface area contributed by atoms with E-state index in [4.69, 9.17) is 4.98 Å². The first-order chi connectivity index (χ1) is 18.5. The molecule has 0 fully saturated rings. The smallest absolute Gasteiger partial charge is 0.162 e. The Morgan fingerprint density at radius 2 is 1.67 bits per heavy atom. The molecule has 6 aromatic rings. The van der Waals surface area contributed by atoms with Crippen LogP contribution in [0.25, 0.3) is 49.3 Å². The van der Waals surface area contributed by atoms with E-state index in [0.29, 0.717) is 0 Å². The molecule has 3 heterocycles. The van der Waals surface area contributed by atoms with Gasteiger partial charge in [0.25, 0.3) is 0 Å². The predicted molar refractivity (Wildman–Crippen MR) is 157 cm³/mol. The molecule has 39 heavy (non-hydrogen) atoms. The van der Waals surface area contributed by atoms with Gasteiger partial charge in [-0.15, -0.1) is 23.6 Å². The molecule has 0 amide bonds. The van der Waals surface area contributed by atoms with Crippen molar-refractivity contribution in [3.05, 3.63) is 78.7 Å². The molecule has 5 nitrogen and oxygen atoms in total. The summed E-state index contributed by atoms with van der Waals surface area (Å²) in [4.78, 5) is 21.1. The van der Waals surface area contributed by atoms with Gasteiger partial charge in [0, 0.05) is 44.2 Å². The van der Waals surface area contributed by atoms with Gasteiger partial charge in [-0.05, 0) is 43.2 Å². The van der Waals surface area contributed by atoms with E-state index in [1.54, 1.807) is 0 Å². The van der Waals surface area contributed by atoms with Crippen molar-refractivity contribution >= 4 is 55.0 Å². The standard InChI is InChI=1S/C20H10N3.C13H24O2.Ir/c1-2-5-13-11-16-15(10-12(13)4-1)14-6-3-7-17-19(14)23-18(22-17)8-9-21-20(16)23;1-5-10(6-2)12(14)9-13(15)11(7-3)8-4;/h1-10H;9-11,14H,5-8H2,1-4H3;/q-1;;/b;12-9-;. The van der Waals surface area contributed by atoms with E-state index in [1.807, 2.05) is 46.0 Å². The molecule has 0 saturated carbocycles. The van der Waals surface area contributed by atoms with Crippen molar-refractivity contribution in [2.75, 3.05) is 0 Å². The van der Waals surface area contributed by atoms with Crippen molar-refractivity contribution in [2.24, 2.45) is 11.8 Å². The van der Waals surface area contributed by atoms with Crippen LogP contribution in [-0.4, -0.2) is 25.3 Å². The number of hydrogen-bond donors (Lipinski definition) is 1. The molecule has 0 saturated heterocycles. The number of carbonyl (C=O) groups is 1. The van der Waals surface area contributed by atoms with Crippen molar-refractivity contribution in [3.63, 3.8) is 0 Å². The van der Waals surface area contributed by atoms with Gasteiger partial charge in [0.15, 0.2) is 5.78 Å². The summed E-state index contributed by atoms with van der Waals surface area (Å²) in [5.41, 5.74) is 4.01. The molecule has 3 aromatic carbocycles. The number of ketones is 1. The molecule has 0 atom stereocenters. The second-order valence-corrected chi connectivity index (χ2v) is 9.89. The Hall–Kier alpha value is -3.34. The van der Waals surface area contributed by atoms with Crippen LogP contribution in [0.2, 0.25) is 0 Å². The molecule has 203 valence electrons. The Labute approximate surface area is 242 Å². The number of allylic oxidation sites excluding steroid dienone is 2. The molecule has 0 spiro atoms. The van der Waals surface area contributed by atoms with Crippen molar-refractivity contribution in [1.29, 1.82) is 0 Å². The minimum atomic E-state index is 0. The number of aromatic nitrogens is 3. The van der Waals surface area contributed by atoms with Crippen molar-refractivity contribution in [2.45, 2.75) is 53.4 Å². The number of para-hydroxylation sites is 1. The number of fused-ring (bicyclic) bond motifs is 4. The average Bonchev–Trinajstić information content (AvgIpc) is 3.33. The average molecular weight is 697 g/mol. The fraction of sp³-hybridized carbons (Fsp3) is 0.303. The Kier molecular flexibility index (Phi) is 8.99. The van der Waals surface area contributed by atoms with E-state index < -0.39 is 0 Å². The largest absolute Gasteiger partial charge is 0.512 e. The van der Waals surface area contributed by atoms with Crippen LogP contribution in [0.1, 0.15) is 53.4 Å². The molecule has 6 rings (SSSR count). The Morgan fingerprint density at radius 3 is 2.38 bits per heavy atom. The number of nitrogens with zero attached hydrogens (tertiary/aromatic N) is 3. The van der Waals surface area contributed by atoms with Crippen LogP contribution in [0.5, 0.6) is 0 Å². The maximum Gasteiger partial charge on any atom is 0.162 e. The summed E-state index contributed by atoms with van der Waals surface area (Å²) in [6, 6.07) is 22.4. The molecule has 6 heteroatoms. The monoisotopic (exact) mass is 697 g/mol. The van der Waals surface area contributed by atoms with E-state index >= 15 is 0 Å². The molecule has 0 unspecified atom stereocenters. The summed E-state index contributed by atoms with van der Waals surface area (Å²) in [5, 5.41) is 15.5. The van der Waals surface area contributed by atoms with Crippen molar-refractivity contribution in [1.82, 2.24) is 14.4 Å². The third kappa shape index (κ3) is 5.28. The van der Waals surface area contributed by atoms with E-state index in [2.05, 4.69) is 57.9 Å². The second kappa shape index (κ2) is 12.2. The van der Waals surface area contributed by atoms with Gasteiger partial charge in [0.1, 0.15) is 5.65 Å². The van der Waals surface area contributed by atoms with Gasteiger partial charge in [-0.3, -0.25) is 9.78 Å². The third-order valence-electron chi connectivity index (χ3n) is 7.72. The normalized spacial score (nSPS) is 12.1. The molecular formula is C33H34IrN3O2-. The molecule has 0 bridgehead atoms. The number of aliphatic hydroxyl groups excluding tert-OH is 1. The summed E-state index contributed by atoms with van der Waals surface area (Å²) < 4.78 is 2.15. The van der Waals surface area contributed by atoms with E-state index in [0.717, 1.165) is 58.8 Å². The van der Waals surface area contributed by atoms with Crippen LogP contribution in [0.15, 0.2) is 72.6 Å². The van der Waals surface area contributed by atoms with Crippen LogP contribution in [0.4, 0.5) is 0 Å². The second-order valence-electron chi connectivity index (χ2n) is 9.89. The molecule has 0 aliphatic carbocycles. The molecule has 1 radical (unpaired) electrons. The van der Waals surface area contributed by atoms with E-state index in [9.17, 15) is 9.90 Å². The van der Waals surface area contributed by atoms with Crippen LogP contribution < -0.4 is 0 Å². The molecular weight excluding hydrogens is 663 g/mol. The Morgan fingerprint density at radius 1 is 0.949 bits per heavy atom. The number of imidazole rings is 1. The minimum absolute atomic E-state index is 0. The van der Waals surface area contributed by atoms with Crippen LogP contribution in [0, 0.1) is 17.9 Å². The number of benzene rings is 3. The van der Waals surface area contributed by atoms with Gasteiger partial charge in [-0.2, -0.15) is 0 Å². The first kappa shape index (κ1) is 28.7. The Bertz CT molecular complexity index is 1660. The van der Waals surface area contributed by atoms with Gasteiger partial charge in [-0.1, -0.05) is 74.2 Å². The Balaban J connectivity index is 0.000000196. The quantitative estimate of drug-likeness (QED) is 0.0598. The first-order valence-electron chi connectivity index (χ1n) is 13.7. The van der Waals surface area contributed by atoms with Crippen LogP contribution >= 0.6 is 0 Å².